The molecule has 0 radical (unpaired) electrons. The number of benzene rings is 1. The van der Waals surface area contributed by atoms with E-state index >= 15 is 0 Å². The SMILES string of the molecule is C=C[C@H](C)CC(=O)O[C@@H]1[C@H](OCc2ccccc2)[C@@H](OC)O[C@H](COC)[C@H]1OC. The maximum atomic E-state index is 12.5. The third-order valence-corrected chi connectivity index (χ3v) is 4.87. The van der Waals surface area contributed by atoms with Crippen molar-refractivity contribution in [3.63, 3.8) is 0 Å². The van der Waals surface area contributed by atoms with Gasteiger partial charge in [-0.25, -0.2) is 0 Å². The van der Waals surface area contributed by atoms with Gasteiger partial charge in [-0.3, -0.25) is 4.79 Å². The second-order valence-corrected chi connectivity index (χ2v) is 7.07. The van der Waals surface area contributed by atoms with Crippen molar-refractivity contribution >= 4 is 5.97 Å². The van der Waals surface area contributed by atoms with Gasteiger partial charge in [-0.1, -0.05) is 43.3 Å². The number of hydrogen-bond donors (Lipinski definition) is 0. The largest absolute Gasteiger partial charge is 0.456 e. The Hall–Kier alpha value is -1.77. The molecule has 0 amide bonds. The molecule has 7 nitrogen and oxygen atoms in total. The van der Waals surface area contributed by atoms with Crippen LogP contribution in [-0.2, 0) is 39.8 Å². The number of allylic oxidation sites excluding steroid dienone is 1. The summed E-state index contributed by atoms with van der Waals surface area (Å²) in [5, 5.41) is 0. The zero-order valence-electron chi connectivity index (χ0n) is 17.6. The molecule has 1 aliphatic rings. The van der Waals surface area contributed by atoms with Crippen molar-refractivity contribution in [2.75, 3.05) is 27.9 Å². The summed E-state index contributed by atoms with van der Waals surface area (Å²) in [6, 6.07) is 9.72. The number of rotatable bonds is 11. The van der Waals surface area contributed by atoms with E-state index in [4.69, 9.17) is 28.4 Å². The lowest BCUT2D eigenvalue weighted by atomic mass is 9.98. The van der Waals surface area contributed by atoms with Crippen LogP contribution >= 0.6 is 0 Å². The molecule has 1 aromatic rings. The Bertz CT molecular complexity index is 621. The van der Waals surface area contributed by atoms with Gasteiger partial charge in [-0.2, -0.15) is 0 Å². The summed E-state index contributed by atoms with van der Waals surface area (Å²) in [6.45, 7) is 6.20. The highest BCUT2D eigenvalue weighted by Gasteiger charge is 2.49. The van der Waals surface area contributed by atoms with Gasteiger partial charge in [-0.05, 0) is 11.5 Å². The number of carbonyl (C=O) groups is 1. The van der Waals surface area contributed by atoms with Gasteiger partial charge < -0.3 is 28.4 Å². The van der Waals surface area contributed by atoms with Gasteiger partial charge in [0, 0.05) is 21.3 Å². The van der Waals surface area contributed by atoms with Crippen molar-refractivity contribution in [3.05, 3.63) is 48.6 Å². The summed E-state index contributed by atoms with van der Waals surface area (Å²) in [4.78, 5) is 12.5. The molecule has 1 heterocycles. The lowest BCUT2D eigenvalue weighted by molar-refractivity contribution is -0.311. The Balaban J connectivity index is 2.22. The molecule has 0 unspecified atom stereocenters. The Morgan fingerprint density at radius 1 is 1.14 bits per heavy atom. The van der Waals surface area contributed by atoms with Gasteiger partial charge in [0.1, 0.15) is 18.3 Å². The van der Waals surface area contributed by atoms with Crippen molar-refractivity contribution < 1.29 is 33.2 Å². The fourth-order valence-electron chi connectivity index (χ4n) is 3.27. The summed E-state index contributed by atoms with van der Waals surface area (Å²) in [5.41, 5.74) is 0.987. The third kappa shape index (κ3) is 6.62. The van der Waals surface area contributed by atoms with Crippen LogP contribution in [-0.4, -0.2) is 64.6 Å². The monoisotopic (exact) mass is 408 g/mol. The smallest absolute Gasteiger partial charge is 0.306 e. The van der Waals surface area contributed by atoms with Crippen molar-refractivity contribution in [3.8, 4) is 0 Å². The Labute approximate surface area is 172 Å². The van der Waals surface area contributed by atoms with Crippen LogP contribution in [0.15, 0.2) is 43.0 Å². The van der Waals surface area contributed by atoms with Gasteiger partial charge in [0.15, 0.2) is 12.4 Å². The minimum absolute atomic E-state index is 0.0000155. The molecule has 1 aromatic carbocycles. The summed E-state index contributed by atoms with van der Waals surface area (Å²) in [7, 11) is 4.65. The summed E-state index contributed by atoms with van der Waals surface area (Å²) in [5.74, 6) is -0.356. The van der Waals surface area contributed by atoms with E-state index in [-0.39, 0.29) is 24.9 Å². The predicted octanol–water partition coefficient (Wildman–Crippen LogP) is 2.73. The first-order chi connectivity index (χ1) is 14.0. The third-order valence-electron chi connectivity index (χ3n) is 4.87. The predicted molar refractivity (Wildman–Crippen MR) is 107 cm³/mol. The van der Waals surface area contributed by atoms with E-state index in [1.165, 1.54) is 7.11 Å². The molecule has 6 atom stereocenters. The first-order valence-corrected chi connectivity index (χ1v) is 9.71. The molecule has 1 fully saturated rings. The molecule has 7 heteroatoms. The van der Waals surface area contributed by atoms with Crippen molar-refractivity contribution in [1.82, 2.24) is 0 Å². The Kier molecular flexibility index (Phi) is 9.76. The van der Waals surface area contributed by atoms with E-state index < -0.39 is 30.7 Å². The molecule has 1 aliphatic heterocycles. The van der Waals surface area contributed by atoms with E-state index in [1.807, 2.05) is 37.3 Å². The van der Waals surface area contributed by atoms with Crippen LogP contribution in [0.3, 0.4) is 0 Å². The number of carbonyl (C=O) groups excluding carboxylic acids is 1. The molecule has 2 rings (SSSR count). The van der Waals surface area contributed by atoms with E-state index in [0.29, 0.717) is 6.61 Å². The standard InChI is InChI=1S/C22H32O7/c1-6-15(2)12-18(23)29-20-19(25-4)17(14-24-3)28-22(26-5)21(20)27-13-16-10-8-7-9-11-16/h6-11,15,17,19-22H,1,12-14H2,2-5H3/t15-,17+,19+,20-,21-,22-/m0/s1. The van der Waals surface area contributed by atoms with Gasteiger partial charge in [0.05, 0.1) is 19.6 Å². The van der Waals surface area contributed by atoms with E-state index in [0.717, 1.165) is 5.56 Å². The van der Waals surface area contributed by atoms with Crippen LogP contribution in [0.1, 0.15) is 18.9 Å². The van der Waals surface area contributed by atoms with E-state index in [9.17, 15) is 4.79 Å². The molecule has 0 bridgehead atoms. The molecule has 0 N–H and O–H groups in total. The van der Waals surface area contributed by atoms with Crippen LogP contribution in [0.25, 0.3) is 0 Å². The number of methoxy groups -OCH3 is 3. The second-order valence-electron chi connectivity index (χ2n) is 7.07. The molecule has 0 aliphatic carbocycles. The topological polar surface area (TPSA) is 72.5 Å². The molecule has 162 valence electrons. The van der Waals surface area contributed by atoms with Gasteiger partial charge in [0.2, 0.25) is 0 Å². The van der Waals surface area contributed by atoms with E-state index in [2.05, 4.69) is 6.58 Å². The summed E-state index contributed by atoms with van der Waals surface area (Å²) >= 11 is 0. The highest BCUT2D eigenvalue weighted by Crippen LogP contribution is 2.30. The zero-order chi connectivity index (χ0) is 21.2. The van der Waals surface area contributed by atoms with Crippen LogP contribution in [0.4, 0.5) is 0 Å². The lowest BCUT2D eigenvalue weighted by Crippen LogP contribution is -2.61. The lowest BCUT2D eigenvalue weighted by Gasteiger charge is -2.44. The molecule has 0 spiro atoms. The highest BCUT2D eigenvalue weighted by atomic mass is 16.7. The first kappa shape index (κ1) is 23.5. The normalized spacial score (nSPS) is 27.9. The van der Waals surface area contributed by atoms with Crippen LogP contribution < -0.4 is 0 Å². The average Bonchev–Trinajstić information content (AvgIpc) is 2.73. The minimum atomic E-state index is -0.736. The second kappa shape index (κ2) is 12.0. The molecule has 0 saturated carbocycles. The van der Waals surface area contributed by atoms with E-state index in [1.54, 1.807) is 20.3 Å². The average molecular weight is 408 g/mol. The van der Waals surface area contributed by atoms with Crippen molar-refractivity contribution in [2.24, 2.45) is 5.92 Å². The molecule has 0 aromatic heterocycles. The maximum absolute atomic E-state index is 12.5. The summed E-state index contributed by atoms with van der Waals surface area (Å²) in [6.07, 6.45) is -1.22. The molecule has 29 heavy (non-hydrogen) atoms. The minimum Gasteiger partial charge on any atom is -0.456 e. The fraction of sp³-hybridized carbons (Fsp3) is 0.591. The fourth-order valence-corrected chi connectivity index (χ4v) is 3.27. The first-order valence-electron chi connectivity index (χ1n) is 9.71. The van der Waals surface area contributed by atoms with Crippen LogP contribution in [0, 0.1) is 5.92 Å². The molecule has 1 saturated heterocycles. The number of ether oxygens (including phenoxy) is 6. The Morgan fingerprint density at radius 2 is 1.86 bits per heavy atom. The summed E-state index contributed by atoms with van der Waals surface area (Å²) < 4.78 is 34.3. The molecular formula is C22H32O7. The number of esters is 1. The quantitative estimate of drug-likeness (QED) is 0.412. The van der Waals surface area contributed by atoms with Gasteiger partial charge in [0.25, 0.3) is 0 Å². The van der Waals surface area contributed by atoms with Crippen LogP contribution in [0.2, 0.25) is 0 Å². The van der Waals surface area contributed by atoms with Gasteiger partial charge in [-0.15, -0.1) is 6.58 Å². The highest BCUT2D eigenvalue weighted by molar-refractivity contribution is 5.70. The molecular weight excluding hydrogens is 376 g/mol. The Morgan fingerprint density at radius 3 is 2.45 bits per heavy atom. The maximum Gasteiger partial charge on any atom is 0.306 e. The number of hydrogen-bond acceptors (Lipinski definition) is 7. The van der Waals surface area contributed by atoms with Crippen LogP contribution in [0.5, 0.6) is 0 Å². The van der Waals surface area contributed by atoms with Crippen molar-refractivity contribution in [1.29, 1.82) is 0 Å². The van der Waals surface area contributed by atoms with Crippen molar-refractivity contribution in [2.45, 2.75) is 50.7 Å². The zero-order valence-corrected chi connectivity index (χ0v) is 17.6. The van der Waals surface area contributed by atoms with Gasteiger partial charge >= 0.3 is 5.97 Å².